The van der Waals surface area contributed by atoms with Crippen LogP contribution in [0.4, 0.5) is 0 Å². The third kappa shape index (κ3) is 2.79. The van der Waals surface area contributed by atoms with E-state index in [4.69, 9.17) is 4.52 Å². The summed E-state index contributed by atoms with van der Waals surface area (Å²) in [5, 5.41) is 13.3. The molecular formula is C12H14N2O2S. The molecule has 0 spiro atoms. The number of benzene rings is 1. The van der Waals surface area contributed by atoms with E-state index in [1.165, 1.54) is 0 Å². The summed E-state index contributed by atoms with van der Waals surface area (Å²) >= 11 is 1.75. The van der Waals surface area contributed by atoms with Gasteiger partial charge in [-0.25, -0.2) is 0 Å². The monoisotopic (exact) mass is 250 g/mol. The van der Waals surface area contributed by atoms with Crippen molar-refractivity contribution in [2.45, 2.75) is 19.6 Å². The lowest BCUT2D eigenvalue weighted by atomic mass is 10.1. The first-order chi connectivity index (χ1) is 8.20. The van der Waals surface area contributed by atoms with Crippen LogP contribution in [0.15, 0.2) is 22.7 Å². The molecule has 1 heterocycles. The van der Waals surface area contributed by atoms with E-state index in [1.807, 2.05) is 6.92 Å². The van der Waals surface area contributed by atoms with Crippen molar-refractivity contribution in [2.75, 3.05) is 5.75 Å². The zero-order chi connectivity index (χ0) is 12.3. The third-order valence-corrected chi connectivity index (χ3v) is 3.21. The molecule has 1 N–H and O–H groups in total. The Hall–Kier alpha value is -1.49. The maximum atomic E-state index is 9.34. The largest absolute Gasteiger partial charge is 0.508 e. The van der Waals surface area contributed by atoms with Gasteiger partial charge in [-0.15, -0.1) is 0 Å². The van der Waals surface area contributed by atoms with Gasteiger partial charge in [0.05, 0.1) is 5.75 Å². The molecule has 0 saturated carbocycles. The van der Waals surface area contributed by atoms with Crippen LogP contribution in [0.2, 0.25) is 0 Å². The van der Waals surface area contributed by atoms with E-state index in [-0.39, 0.29) is 5.75 Å². The topological polar surface area (TPSA) is 59.2 Å². The summed E-state index contributed by atoms with van der Waals surface area (Å²) < 4.78 is 5.21. The molecule has 2 aromatic rings. The molecule has 0 radical (unpaired) electrons. The van der Waals surface area contributed by atoms with Crippen molar-refractivity contribution in [3.63, 3.8) is 0 Å². The minimum Gasteiger partial charge on any atom is -0.508 e. The lowest BCUT2D eigenvalue weighted by molar-refractivity contribution is 0.424. The van der Waals surface area contributed by atoms with Gasteiger partial charge >= 0.3 is 0 Å². The Balaban J connectivity index is 2.24. The van der Waals surface area contributed by atoms with Crippen LogP contribution in [0.1, 0.15) is 18.3 Å². The summed E-state index contributed by atoms with van der Waals surface area (Å²) in [5.41, 5.74) is 1.78. The predicted octanol–water partition coefficient (Wildman–Crippen LogP) is 3.00. The molecule has 0 unspecified atom stereocenters. The highest BCUT2D eigenvalue weighted by molar-refractivity contribution is 7.98. The van der Waals surface area contributed by atoms with E-state index in [0.29, 0.717) is 11.7 Å². The predicted molar refractivity (Wildman–Crippen MR) is 68.0 cm³/mol. The first kappa shape index (κ1) is 12.0. The molecule has 90 valence electrons. The maximum Gasteiger partial charge on any atom is 0.258 e. The molecule has 5 heteroatoms. The number of hydrogen-bond acceptors (Lipinski definition) is 5. The fraction of sp³-hybridized carbons (Fsp3) is 0.333. The van der Waals surface area contributed by atoms with Crippen molar-refractivity contribution in [1.29, 1.82) is 0 Å². The molecule has 0 aliphatic rings. The summed E-state index contributed by atoms with van der Waals surface area (Å²) in [7, 11) is 0. The second-order valence-electron chi connectivity index (χ2n) is 3.65. The molecule has 0 fully saturated rings. The van der Waals surface area contributed by atoms with Crippen LogP contribution in [0.5, 0.6) is 5.75 Å². The second-order valence-corrected chi connectivity index (χ2v) is 4.93. The Kier molecular flexibility index (Phi) is 3.68. The smallest absolute Gasteiger partial charge is 0.258 e. The summed E-state index contributed by atoms with van der Waals surface area (Å²) in [5.74, 6) is 3.25. The fourth-order valence-electron chi connectivity index (χ4n) is 1.50. The SMILES string of the molecule is CCSCc1noc(-c2ccc(O)cc2C)n1. The fourth-order valence-corrected chi connectivity index (χ4v) is 2.01. The van der Waals surface area contributed by atoms with Crippen molar-refractivity contribution in [2.24, 2.45) is 0 Å². The highest BCUT2D eigenvalue weighted by Gasteiger charge is 2.11. The van der Waals surface area contributed by atoms with Gasteiger partial charge in [0, 0.05) is 5.56 Å². The van der Waals surface area contributed by atoms with E-state index < -0.39 is 0 Å². The molecule has 1 aromatic heterocycles. The van der Waals surface area contributed by atoms with Crippen molar-refractivity contribution in [1.82, 2.24) is 10.1 Å². The van der Waals surface area contributed by atoms with Gasteiger partial charge in [-0.2, -0.15) is 16.7 Å². The Bertz CT molecular complexity index is 511. The standard InChI is InChI=1S/C12H14N2O2S/c1-3-17-7-11-13-12(16-14-11)10-5-4-9(15)6-8(10)2/h4-6,15H,3,7H2,1-2H3. The number of nitrogens with zero attached hydrogens (tertiary/aromatic N) is 2. The minimum absolute atomic E-state index is 0.243. The average Bonchev–Trinajstić information content (AvgIpc) is 2.75. The minimum atomic E-state index is 0.243. The normalized spacial score (nSPS) is 10.7. The Morgan fingerprint density at radius 1 is 1.41 bits per heavy atom. The van der Waals surface area contributed by atoms with Crippen molar-refractivity contribution < 1.29 is 9.63 Å². The lowest BCUT2D eigenvalue weighted by Gasteiger charge is -2.00. The quantitative estimate of drug-likeness (QED) is 0.903. The molecule has 17 heavy (non-hydrogen) atoms. The van der Waals surface area contributed by atoms with Crippen molar-refractivity contribution in [3.8, 4) is 17.2 Å². The second kappa shape index (κ2) is 5.23. The van der Waals surface area contributed by atoms with Crippen LogP contribution in [0.25, 0.3) is 11.5 Å². The highest BCUT2D eigenvalue weighted by atomic mass is 32.2. The Morgan fingerprint density at radius 2 is 2.24 bits per heavy atom. The van der Waals surface area contributed by atoms with Gasteiger partial charge in [0.25, 0.3) is 5.89 Å². The van der Waals surface area contributed by atoms with Gasteiger partial charge in [-0.05, 0) is 36.4 Å². The first-order valence-corrected chi connectivity index (χ1v) is 6.56. The van der Waals surface area contributed by atoms with E-state index in [1.54, 1.807) is 30.0 Å². The number of thioether (sulfide) groups is 1. The molecule has 0 amide bonds. The van der Waals surface area contributed by atoms with Crippen LogP contribution >= 0.6 is 11.8 Å². The number of aromatic nitrogens is 2. The molecule has 1 aromatic carbocycles. The van der Waals surface area contributed by atoms with Crippen LogP contribution in [-0.2, 0) is 5.75 Å². The summed E-state index contributed by atoms with van der Waals surface area (Å²) in [4.78, 5) is 4.33. The summed E-state index contributed by atoms with van der Waals surface area (Å²) in [6.45, 7) is 4.00. The maximum absolute atomic E-state index is 9.34. The van der Waals surface area contributed by atoms with E-state index in [9.17, 15) is 5.11 Å². The molecule has 0 bridgehead atoms. The Labute approximate surface area is 104 Å². The van der Waals surface area contributed by atoms with E-state index in [2.05, 4.69) is 17.1 Å². The van der Waals surface area contributed by atoms with Gasteiger partial charge in [-0.1, -0.05) is 12.1 Å². The molecule has 4 nitrogen and oxygen atoms in total. The summed E-state index contributed by atoms with van der Waals surface area (Å²) in [6.07, 6.45) is 0. The number of rotatable bonds is 4. The molecule has 0 aliphatic carbocycles. The Morgan fingerprint density at radius 3 is 2.94 bits per heavy atom. The average molecular weight is 250 g/mol. The number of hydrogen-bond donors (Lipinski definition) is 1. The first-order valence-electron chi connectivity index (χ1n) is 5.41. The number of aromatic hydroxyl groups is 1. The van der Waals surface area contributed by atoms with Crippen LogP contribution in [0, 0.1) is 6.92 Å². The molecular weight excluding hydrogens is 236 g/mol. The van der Waals surface area contributed by atoms with Crippen LogP contribution in [0.3, 0.4) is 0 Å². The zero-order valence-electron chi connectivity index (χ0n) is 9.80. The summed E-state index contributed by atoms with van der Waals surface area (Å²) in [6, 6.07) is 5.09. The zero-order valence-corrected chi connectivity index (χ0v) is 10.6. The van der Waals surface area contributed by atoms with Gasteiger partial charge in [-0.3, -0.25) is 0 Å². The lowest BCUT2D eigenvalue weighted by Crippen LogP contribution is -1.86. The molecule has 0 saturated heterocycles. The van der Waals surface area contributed by atoms with Gasteiger partial charge in [0.1, 0.15) is 5.75 Å². The van der Waals surface area contributed by atoms with Crippen molar-refractivity contribution >= 4 is 11.8 Å². The molecule has 0 atom stereocenters. The van der Waals surface area contributed by atoms with Crippen LogP contribution < -0.4 is 0 Å². The number of aryl methyl sites for hydroxylation is 1. The molecule has 0 aliphatic heterocycles. The van der Waals surface area contributed by atoms with Crippen molar-refractivity contribution in [3.05, 3.63) is 29.6 Å². The number of phenols is 1. The third-order valence-electron chi connectivity index (χ3n) is 2.34. The van der Waals surface area contributed by atoms with Crippen LogP contribution in [-0.4, -0.2) is 21.0 Å². The number of phenolic OH excluding ortho intramolecular Hbond substituents is 1. The highest BCUT2D eigenvalue weighted by Crippen LogP contribution is 2.25. The molecule has 2 rings (SSSR count). The van der Waals surface area contributed by atoms with Gasteiger partial charge in [0.15, 0.2) is 5.82 Å². The van der Waals surface area contributed by atoms with Gasteiger partial charge < -0.3 is 9.63 Å². The van der Waals surface area contributed by atoms with E-state index in [0.717, 1.165) is 22.6 Å². The van der Waals surface area contributed by atoms with Gasteiger partial charge in [0.2, 0.25) is 0 Å². The van der Waals surface area contributed by atoms with E-state index >= 15 is 0 Å².